The van der Waals surface area contributed by atoms with Crippen molar-refractivity contribution in [2.24, 2.45) is 0 Å². The summed E-state index contributed by atoms with van der Waals surface area (Å²) in [5.41, 5.74) is 1.35. The number of hydrogen-bond acceptors (Lipinski definition) is 4. The van der Waals surface area contributed by atoms with Gasteiger partial charge in [0.15, 0.2) is 0 Å². The Morgan fingerprint density at radius 3 is 3.28 bits per heavy atom. The van der Waals surface area contributed by atoms with E-state index in [9.17, 15) is 4.79 Å². The molecule has 1 aromatic heterocycles. The van der Waals surface area contributed by atoms with Crippen LogP contribution in [0.25, 0.3) is 0 Å². The third-order valence-electron chi connectivity index (χ3n) is 3.27. The first kappa shape index (κ1) is 13.5. The second-order valence-electron chi connectivity index (χ2n) is 4.53. The smallest absolute Gasteiger partial charge is 0.234 e. The molecule has 1 aliphatic rings. The number of hydrogen-bond donors (Lipinski definition) is 1. The minimum Gasteiger partial charge on any atom is -0.383 e. The fraction of sp³-hybridized carbons (Fsp3) is 0.615. The zero-order chi connectivity index (χ0) is 12.8. The van der Waals surface area contributed by atoms with Gasteiger partial charge < -0.3 is 10.1 Å². The minimum absolute atomic E-state index is 0.0918. The molecule has 0 bridgehead atoms. The first-order chi connectivity index (χ1) is 8.81. The van der Waals surface area contributed by atoms with Crippen molar-refractivity contribution in [3.63, 3.8) is 0 Å². The SMILES string of the molecule is COCCNC(=O)CN1CCC[C@H]1c1ccsc1. The van der Waals surface area contributed by atoms with Crippen LogP contribution in [0.15, 0.2) is 16.8 Å². The first-order valence-electron chi connectivity index (χ1n) is 6.33. The Morgan fingerprint density at radius 2 is 2.56 bits per heavy atom. The van der Waals surface area contributed by atoms with Crippen molar-refractivity contribution in [3.8, 4) is 0 Å². The quantitative estimate of drug-likeness (QED) is 0.798. The summed E-state index contributed by atoms with van der Waals surface area (Å²) in [6, 6.07) is 2.58. The molecule has 0 radical (unpaired) electrons. The summed E-state index contributed by atoms with van der Waals surface area (Å²) in [7, 11) is 1.64. The van der Waals surface area contributed by atoms with Crippen LogP contribution >= 0.6 is 11.3 Å². The Hall–Kier alpha value is -0.910. The van der Waals surface area contributed by atoms with Crippen molar-refractivity contribution in [1.29, 1.82) is 0 Å². The molecule has 5 heteroatoms. The Balaban J connectivity index is 1.83. The van der Waals surface area contributed by atoms with Crippen molar-refractivity contribution in [1.82, 2.24) is 10.2 Å². The lowest BCUT2D eigenvalue weighted by Gasteiger charge is -2.23. The van der Waals surface area contributed by atoms with E-state index in [0.29, 0.717) is 25.7 Å². The average Bonchev–Trinajstić information content (AvgIpc) is 2.99. The molecule has 0 aromatic carbocycles. The second kappa shape index (κ2) is 6.87. The summed E-state index contributed by atoms with van der Waals surface area (Å²) in [6.45, 7) is 2.66. The van der Waals surface area contributed by atoms with Gasteiger partial charge in [0.25, 0.3) is 0 Å². The predicted molar refractivity (Wildman–Crippen MR) is 72.8 cm³/mol. The molecule has 1 atom stereocenters. The Kier molecular flexibility index (Phi) is 5.16. The molecule has 1 aliphatic heterocycles. The predicted octanol–water partition coefficient (Wildman–Crippen LogP) is 1.65. The summed E-state index contributed by atoms with van der Waals surface area (Å²) in [6.07, 6.45) is 2.33. The van der Waals surface area contributed by atoms with Crippen LogP contribution in [0.4, 0.5) is 0 Å². The molecular weight excluding hydrogens is 248 g/mol. The summed E-state index contributed by atoms with van der Waals surface area (Å²) in [5, 5.41) is 7.16. The molecule has 0 aliphatic carbocycles. The number of methoxy groups -OCH3 is 1. The van der Waals surface area contributed by atoms with E-state index in [-0.39, 0.29) is 5.91 Å². The third-order valence-corrected chi connectivity index (χ3v) is 3.97. The number of amides is 1. The monoisotopic (exact) mass is 268 g/mol. The Labute approximate surface area is 112 Å². The number of ether oxygens (including phenoxy) is 1. The average molecular weight is 268 g/mol. The molecule has 4 nitrogen and oxygen atoms in total. The lowest BCUT2D eigenvalue weighted by atomic mass is 10.1. The molecule has 2 heterocycles. The van der Waals surface area contributed by atoms with Gasteiger partial charge in [0.2, 0.25) is 5.91 Å². The fourth-order valence-electron chi connectivity index (χ4n) is 2.39. The minimum atomic E-state index is 0.0918. The maximum absolute atomic E-state index is 11.8. The molecule has 1 aromatic rings. The second-order valence-corrected chi connectivity index (χ2v) is 5.31. The van der Waals surface area contributed by atoms with Crippen molar-refractivity contribution in [2.75, 3.05) is 33.4 Å². The summed E-state index contributed by atoms with van der Waals surface area (Å²) < 4.78 is 4.92. The standard InChI is InChI=1S/C13H20N2O2S/c1-17-7-5-14-13(16)9-15-6-2-3-12(15)11-4-8-18-10-11/h4,8,10,12H,2-3,5-7,9H2,1H3,(H,14,16)/t12-/m0/s1. The molecule has 18 heavy (non-hydrogen) atoms. The van der Waals surface area contributed by atoms with Gasteiger partial charge in [0.1, 0.15) is 0 Å². The largest absolute Gasteiger partial charge is 0.383 e. The van der Waals surface area contributed by atoms with Gasteiger partial charge in [-0.3, -0.25) is 9.69 Å². The number of likely N-dealkylation sites (tertiary alicyclic amines) is 1. The van der Waals surface area contributed by atoms with Crippen LogP contribution in [0, 0.1) is 0 Å². The van der Waals surface area contributed by atoms with Gasteiger partial charge in [0, 0.05) is 19.7 Å². The third kappa shape index (κ3) is 3.54. The van der Waals surface area contributed by atoms with Crippen LogP contribution in [-0.4, -0.2) is 44.2 Å². The molecule has 0 spiro atoms. The van der Waals surface area contributed by atoms with Crippen LogP contribution < -0.4 is 5.32 Å². The lowest BCUT2D eigenvalue weighted by Crippen LogP contribution is -2.38. The highest BCUT2D eigenvalue weighted by Crippen LogP contribution is 2.32. The van der Waals surface area contributed by atoms with E-state index in [2.05, 4.69) is 27.0 Å². The van der Waals surface area contributed by atoms with Crippen LogP contribution in [0.5, 0.6) is 0 Å². The lowest BCUT2D eigenvalue weighted by molar-refractivity contribution is -0.122. The van der Waals surface area contributed by atoms with Crippen LogP contribution in [0.2, 0.25) is 0 Å². The molecule has 1 N–H and O–H groups in total. The summed E-state index contributed by atoms with van der Waals surface area (Å²) >= 11 is 1.72. The van der Waals surface area contributed by atoms with Gasteiger partial charge >= 0.3 is 0 Å². The molecule has 0 saturated carbocycles. The maximum atomic E-state index is 11.8. The van der Waals surface area contributed by atoms with Crippen molar-refractivity contribution in [2.45, 2.75) is 18.9 Å². The number of thiophene rings is 1. The van der Waals surface area contributed by atoms with Gasteiger partial charge in [-0.05, 0) is 41.8 Å². The zero-order valence-corrected chi connectivity index (χ0v) is 11.5. The van der Waals surface area contributed by atoms with Gasteiger partial charge in [0.05, 0.1) is 13.2 Å². The molecule has 100 valence electrons. The van der Waals surface area contributed by atoms with E-state index in [1.165, 1.54) is 12.0 Å². The van der Waals surface area contributed by atoms with Gasteiger partial charge in [-0.1, -0.05) is 0 Å². The van der Waals surface area contributed by atoms with E-state index in [1.807, 2.05) is 0 Å². The normalized spacial score (nSPS) is 20.2. The van der Waals surface area contributed by atoms with Gasteiger partial charge in [-0.25, -0.2) is 0 Å². The number of carbonyl (C=O) groups excluding carboxylic acids is 1. The van der Waals surface area contributed by atoms with Gasteiger partial charge in [-0.2, -0.15) is 11.3 Å². The zero-order valence-electron chi connectivity index (χ0n) is 10.7. The van der Waals surface area contributed by atoms with E-state index >= 15 is 0 Å². The molecule has 0 unspecified atom stereocenters. The topological polar surface area (TPSA) is 41.6 Å². The number of nitrogens with zero attached hydrogens (tertiary/aromatic N) is 1. The van der Waals surface area contributed by atoms with Crippen molar-refractivity contribution in [3.05, 3.63) is 22.4 Å². The van der Waals surface area contributed by atoms with E-state index in [1.54, 1.807) is 18.4 Å². The Morgan fingerprint density at radius 1 is 1.67 bits per heavy atom. The number of nitrogens with one attached hydrogen (secondary N) is 1. The first-order valence-corrected chi connectivity index (χ1v) is 7.27. The van der Waals surface area contributed by atoms with E-state index in [4.69, 9.17) is 4.74 Å². The van der Waals surface area contributed by atoms with Crippen LogP contribution in [0.1, 0.15) is 24.4 Å². The van der Waals surface area contributed by atoms with E-state index in [0.717, 1.165) is 13.0 Å². The maximum Gasteiger partial charge on any atom is 0.234 e. The highest BCUT2D eigenvalue weighted by Gasteiger charge is 2.27. The number of carbonyl (C=O) groups is 1. The van der Waals surface area contributed by atoms with Crippen LogP contribution in [0.3, 0.4) is 0 Å². The summed E-state index contributed by atoms with van der Waals surface area (Å²) in [4.78, 5) is 14.1. The molecule has 1 fully saturated rings. The molecular formula is C13H20N2O2S. The van der Waals surface area contributed by atoms with Crippen LogP contribution in [-0.2, 0) is 9.53 Å². The molecule has 1 saturated heterocycles. The van der Waals surface area contributed by atoms with E-state index < -0.39 is 0 Å². The number of rotatable bonds is 6. The van der Waals surface area contributed by atoms with Gasteiger partial charge in [-0.15, -0.1) is 0 Å². The highest BCUT2D eigenvalue weighted by molar-refractivity contribution is 7.07. The molecule has 2 rings (SSSR count). The highest BCUT2D eigenvalue weighted by atomic mass is 32.1. The molecule has 1 amide bonds. The summed E-state index contributed by atoms with van der Waals surface area (Å²) in [5.74, 6) is 0.0918. The fourth-order valence-corrected chi connectivity index (χ4v) is 3.10. The van der Waals surface area contributed by atoms with Crippen molar-refractivity contribution < 1.29 is 9.53 Å². The van der Waals surface area contributed by atoms with Crippen molar-refractivity contribution >= 4 is 17.2 Å². The Bertz CT molecular complexity index is 367.